The van der Waals surface area contributed by atoms with Crippen LogP contribution in [0.2, 0.25) is 0 Å². The second-order valence-corrected chi connectivity index (χ2v) is 6.81. The van der Waals surface area contributed by atoms with E-state index in [1.807, 2.05) is 26.1 Å². The normalized spacial score (nSPS) is 16.3. The Labute approximate surface area is 178 Å². The van der Waals surface area contributed by atoms with Crippen molar-refractivity contribution < 1.29 is 4.74 Å². The maximum Gasteiger partial charge on any atom is 0.193 e. The van der Waals surface area contributed by atoms with Gasteiger partial charge in [-0.1, -0.05) is 12.1 Å². The summed E-state index contributed by atoms with van der Waals surface area (Å²) in [6, 6.07) is 8.13. The number of aromatic nitrogens is 3. The summed E-state index contributed by atoms with van der Waals surface area (Å²) in [6.07, 6.45) is 2.12. The van der Waals surface area contributed by atoms with Crippen molar-refractivity contribution in [3.8, 4) is 5.75 Å². The van der Waals surface area contributed by atoms with E-state index in [0.717, 1.165) is 55.8 Å². The minimum absolute atomic E-state index is 0. The molecule has 0 saturated carbocycles. The summed E-state index contributed by atoms with van der Waals surface area (Å²) in [5.74, 6) is 4.45. The molecule has 8 heteroatoms. The molecule has 27 heavy (non-hydrogen) atoms. The molecule has 0 spiro atoms. The van der Waals surface area contributed by atoms with Crippen LogP contribution in [0.4, 0.5) is 0 Å². The van der Waals surface area contributed by atoms with E-state index in [2.05, 4.69) is 49.2 Å². The number of nitrogens with zero attached hydrogens (tertiary/aromatic N) is 5. The van der Waals surface area contributed by atoms with Gasteiger partial charge in [0.1, 0.15) is 17.4 Å². The molecule has 0 bridgehead atoms. The number of rotatable bonds is 5. The Morgan fingerprint density at radius 2 is 2.22 bits per heavy atom. The fraction of sp³-hybridized carbons (Fsp3) is 0.526. The van der Waals surface area contributed by atoms with Crippen LogP contribution in [0.25, 0.3) is 0 Å². The Balaban J connectivity index is 0.00000261. The van der Waals surface area contributed by atoms with Crippen molar-refractivity contribution in [1.82, 2.24) is 25.0 Å². The Hall–Kier alpha value is -1.84. The van der Waals surface area contributed by atoms with Gasteiger partial charge in [-0.05, 0) is 37.0 Å². The molecule has 1 aliphatic heterocycles. The summed E-state index contributed by atoms with van der Waals surface area (Å²) < 4.78 is 7.54. The van der Waals surface area contributed by atoms with Crippen molar-refractivity contribution in [1.29, 1.82) is 0 Å². The number of hydrogen-bond acceptors (Lipinski definition) is 4. The van der Waals surface area contributed by atoms with Crippen LogP contribution in [-0.4, -0.2) is 53.4 Å². The summed E-state index contributed by atoms with van der Waals surface area (Å²) in [5, 5.41) is 11.9. The van der Waals surface area contributed by atoms with Crippen LogP contribution in [0.3, 0.4) is 0 Å². The molecule has 1 atom stereocenters. The zero-order valence-electron chi connectivity index (χ0n) is 16.5. The molecule has 0 radical (unpaired) electrons. The second-order valence-electron chi connectivity index (χ2n) is 6.81. The predicted octanol–water partition coefficient (Wildman–Crippen LogP) is 2.48. The Morgan fingerprint density at radius 1 is 1.41 bits per heavy atom. The molecule has 0 saturated heterocycles. The van der Waals surface area contributed by atoms with Crippen LogP contribution in [-0.2, 0) is 19.5 Å². The highest BCUT2D eigenvalue weighted by Gasteiger charge is 2.22. The SMILES string of the molecule is CN=C(NCC1CCc2nnc(C)n2C1)N(C)Cc1cccc(OC)c1.I. The monoisotopic (exact) mass is 484 g/mol. The van der Waals surface area contributed by atoms with Crippen LogP contribution >= 0.6 is 24.0 Å². The van der Waals surface area contributed by atoms with Crippen LogP contribution in [0.5, 0.6) is 5.75 Å². The summed E-state index contributed by atoms with van der Waals surface area (Å²) >= 11 is 0. The van der Waals surface area contributed by atoms with Crippen LogP contribution in [0, 0.1) is 12.8 Å². The zero-order chi connectivity index (χ0) is 18.5. The number of fused-ring (bicyclic) bond motifs is 1. The average Bonchev–Trinajstić information content (AvgIpc) is 3.03. The first kappa shape index (κ1) is 21.5. The summed E-state index contributed by atoms with van der Waals surface area (Å²) in [7, 11) is 5.57. The van der Waals surface area contributed by atoms with Crippen molar-refractivity contribution in [2.45, 2.75) is 32.9 Å². The van der Waals surface area contributed by atoms with Crippen LogP contribution < -0.4 is 10.1 Å². The fourth-order valence-corrected chi connectivity index (χ4v) is 3.44. The third-order valence-corrected chi connectivity index (χ3v) is 4.91. The van der Waals surface area contributed by atoms with Crippen molar-refractivity contribution >= 4 is 29.9 Å². The molecule has 1 N–H and O–H groups in total. The van der Waals surface area contributed by atoms with Crippen LogP contribution in [0.15, 0.2) is 29.3 Å². The lowest BCUT2D eigenvalue weighted by Gasteiger charge is -2.27. The van der Waals surface area contributed by atoms with Gasteiger partial charge in [0.05, 0.1) is 7.11 Å². The predicted molar refractivity (Wildman–Crippen MR) is 118 cm³/mol. The molecule has 0 fully saturated rings. The summed E-state index contributed by atoms with van der Waals surface area (Å²) in [6.45, 7) is 4.66. The minimum Gasteiger partial charge on any atom is -0.497 e. The van der Waals surface area contributed by atoms with Gasteiger partial charge in [0.25, 0.3) is 0 Å². The lowest BCUT2D eigenvalue weighted by Crippen LogP contribution is -2.42. The molecule has 1 aromatic heterocycles. The highest BCUT2D eigenvalue weighted by atomic mass is 127. The number of aryl methyl sites for hydroxylation is 2. The number of nitrogens with one attached hydrogen (secondary N) is 1. The van der Waals surface area contributed by atoms with Crippen molar-refractivity contribution in [3.05, 3.63) is 41.5 Å². The summed E-state index contributed by atoms with van der Waals surface area (Å²) in [5.41, 5.74) is 1.19. The minimum atomic E-state index is 0. The third kappa shape index (κ3) is 5.33. The first-order valence-electron chi connectivity index (χ1n) is 9.04. The zero-order valence-corrected chi connectivity index (χ0v) is 18.8. The first-order valence-corrected chi connectivity index (χ1v) is 9.04. The van der Waals surface area contributed by atoms with E-state index in [1.54, 1.807) is 7.11 Å². The number of methoxy groups -OCH3 is 1. The van der Waals surface area contributed by atoms with E-state index >= 15 is 0 Å². The molecule has 1 aliphatic rings. The number of hydrogen-bond donors (Lipinski definition) is 1. The van der Waals surface area contributed by atoms with Gasteiger partial charge in [-0.2, -0.15) is 0 Å². The van der Waals surface area contributed by atoms with Crippen molar-refractivity contribution in [3.63, 3.8) is 0 Å². The average molecular weight is 484 g/mol. The van der Waals surface area contributed by atoms with Gasteiger partial charge < -0.3 is 19.5 Å². The van der Waals surface area contributed by atoms with Gasteiger partial charge in [0.15, 0.2) is 5.96 Å². The molecular formula is C19H29IN6O. The molecule has 148 valence electrons. The fourth-order valence-electron chi connectivity index (χ4n) is 3.44. The van der Waals surface area contributed by atoms with Gasteiger partial charge in [-0.15, -0.1) is 34.2 Å². The summed E-state index contributed by atoms with van der Waals surface area (Å²) in [4.78, 5) is 6.56. The van der Waals surface area contributed by atoms with E-state index in [1.165, 1.54) is 5.56 Å². The van der Waals surface area contributed by atoms with E-state index in [-0.39, 0.29) is 24.0 Å². The Bertz CT molecular complexity index is 775. The largest absolute Gasteiger partial charge is 0.497 e. The van der Waals surface area contributed by atoms with E-state index in [9.17, 15) is 0 Å². The first-order chi connectivity index (χ1) is 12.6. The quantitative estimate of drug-likeness (QED) is 0.402. The molecule has 0 aliphatic carbocycles. The van der Waals surface area contributed by atoms with Gasteiger partial charge >= 0.3 is 0 Å². The highest BCUT2D eigenvalue weighted by molar-refractivity contribution is 14.0. The van der Waals surface area contributed by atoms with Gasteiger partial charge in [-0.25, -0.2) is 0 Å². The van der Waals surface area contributed by atoms with Gasteiger partial charge in [0.2, 0.25) is 0 Å². The van der Waals surface area contributed by atoms with E-state index in [0.29, 0.717) is 5.92 Å². The third-order valence-electron chi connectivity index (χ3n) is 4.91. The van der Waals surface area contributed by atoms with E-state index in [4.69, 9.17) is 4.74 Å². The molecule has 7 nitrogen and oxygen atoms in total. The maximum absolute atomic E-state index is 5.30. The number of aliphatic imine (C=N–C) groups is 1. The topological polar surface area (TPSA) is 67.6 Å². The number of ether oxygens (including phenoxy) is 1. The van der Waals surface area contributed by atoms with Gasteiger partial charge in [-0.3, -0.25) is 4.99 Å². The molecule has 2 heterocycles. The molecule has 2 aromatic rings. The lowest BCUT2D eigenvalue weighted by atomic mass is 9.99. The smallest absolute Gasteiger partial charge is 0.193 e. The lowest BCUT2D eigenvalue weighted by molar-refractivity contribution is 0.352. The number of guanidine groups is 1. The second kappa shape index (κ2) is 9.91. The molecule has 1 aromatic carbocycles. The Kier molecular flexibility index (Phi) is 7.88. The highest BCUT2D eigenvalue weighted by Crippen LogP contribution is 2.19. The van der Waals surface area contributed by atoms with Crippen LogP contribution in [0.1, 0.15) is 23.6 Å². The Morgan fingerprint density at radius 3 is 2.96 bits per heavy atom. The number of halogens is 1. The number of benzene rings is 1. The molecule has 1 unspecified atom stereocenters. The van der Waals surface area contributed by atoms with Crippen molar-refractivity contribution in [2.75, 3.05) is 27.7 Å². The van der Waals surface area contributed by atoms with E-state index < -0.39 is 0 Å². The standard InChI is InChI=1S/C19H28N6O.HI/c1-14-22-23-18-9-8-16(13-25(14)18)11-21-19(20-2)24(3)12-15-6-5-7-17(10-15)26-4;/h5-7,10,16H,8-9,11-13H2,1-4H3,(H,20,21);1H. The molecular weight excluding hydrogens is 455 g/mol. The van der Waals surface area contributed by atoms with Crippen molar-refractivity contribution in [2.24, 2.45) is 10.9 Å². The van der Waals surface area contributed by atoms with Gasteiger partial charge in [0, 0.05) is 40.2 Å². The maximum atomic E-state index is 5.30. The molecule has 3 rings (SSSR count). The molecule has 0 amide bonds.